The summed E-state index contributed by atoms with van der Waals surface area (Å²) in [6.45, 7) is 1.98. The monoisotopic (exact) mass is 314 g/mol. The number of Topliss-reactive ketones (excluding diaryl/α,β-unsaturated/α-hetero) is 1. The molecule has 1 aromatic carbocycles. The van der Waals surface area contributed by atoms with Gasteiger partial charge in [0.05, 0.1) is 6.61 Å². The number of carbonyl (C=O) groups excluding carboxylic acids is 2. The molecule has 0 saturated heterocycles. The van der Waals surface area contributed by atoms with Crippen molar-refractivity contribution in [1.29, 1.82) is 0 Å². The molecule has 0 fully saturated rings. The van der Waals surface area contributed by atoms with E-state index in [9.17, 15) is 14.6 Å². The van der Waals surface area contributed by atoms with Crippen LogP contribution in [0.2, 0.25) is 5.82 Å². The number of ether oxygens (including phenoxy) is 1. The first-order valence-corrected chi connectivity index (χ1v) is 7.65. The predicted octanol–water partition coefficient (Wildman–Crippen LogP) is 2.02. The van der Waals surface area contributed by atoms with Crippen LogP contribution in [0, 0.1) is 12.3 Å². The lowest BCUT2D eigenvalue weighted by Crippen LogP contribution is -2.35. The lowest BCUT2D eigenvalue weighted by Gasteiger charge is -2.28. The molecule has 6 heteroatoms. The van der Waals surface area contributed by atoms with E-state index >= 15 is 0 Å². The van der Waals surface area contributed by atoms with Gasteiger partial charge in [0, 0.05) is 25.1 Å². The van der Waals surface area contributed by atoms with Crippen LogP contribution in [0.5, 0.6) is 5.75 Å². The van der Waals surface area contributed by atoms with Crippen molar-refractivity contribution >= 4 is 18.9 Å². The third-order valence-corrected chi connectivity index (χ3v) is 3.75. The molecule has 1 aromatic rings. The van der Waals surface area contributed by atoms with Gasteiger partial charge in [-0.3, -0.25) is 4.79 Å². The highest BCUT2D eigenvalue weighted by Crippen LogP contribution is 2.36. The third-order valence-electron chi connectivity index (χ3n) is 3.75. The lowest BCUT2D eigenvalue weighted by atomic mass is 9.64. The smallest absolute Gasteiger partial charge is 0.526 e. The van der Waals surface area contributed by atoms with Crippen molar-refractivity contribution in [2.45, 2.75) is 38.4 Å². The highest BCUT2D eigenvalue weighted by Gasteiger charge is 2.37. The van der Waals surface area contributed by atoms with Gasteiger partial charge in [-0.15, -0.1) is 12.3 Å². The van der Waals surface area contributed by atoms with Crippen molar-refractivity contribution < 1.29 is 24.0 Å². The van der Waals surface area contributed by atoms with E-state index in [2.05, 4.69) is 5.92 Å². The molecule has 0 aromatic heterocycles. The number of rotatable bonds is 6. The van der Waals surface area contributed by atoms with E-state index in [1.54, 1.807) is 19.1 Å². The zero-order valence-corrected chi connectivity index (χ0v) is 13.1. The van der Waals surface area contributed by atoms with E-state index in [-0.39, 0.29) is 24.6 Å². The Hall–Kier alpha value is -2.26. The number of hydrogen-bond donors (Lipinski definition) is 1. The third kappa shape index (κ3) is 4.14. The van der Waals surface area contributed by atoms with Crippen molar-refractivity contribution in [3.05, 3.63) is 29.3 Å². The fourth-order valence-electron chi connectivity index (χ4n) is 2.63. The highest BCUT2D eigenvalue weighted by molar-refractivity contribution is 6.47. The van der Waals surface area contributed by atoms with Crippen LogP contribution in [0.4, 0.5) is 0 Å². The van der Waals surface area contributed by atoms with Crippen LogP contribution in [0.25, 0.3) is 0 Å². The number of esters is 1. The molecular weight excluding hydrogens is 295 g/mol. The Morgan fingerprint density at radius 1 is 1.52 bits per heavy atom. The van der Waals surface area contributed by atoms with E-state index in [0.717, 1.165) is 5.56 Å². The number of hydrogen-bond acceptors (Lipinski definition) is 5. The number of fused-ring (bicyclic) bond motifs is 1. The fraction of sp³-hybridized carbons (Fsp3) is 0.412. The van der Waals surface area contributed by atoms with Gasteiger partial charge in [-0.2, -0.15) is 0 Å². The summed E-state index contributed by atoms with van der Waals surface area (Å²) in [6, 6.07) is 5.16. The van der Waals surface area contributed by atoms with Gasteiger partial charge in [0.1, 0.15) is 17.1 Å². The Kier molecular flexibility index (Phi) is 5.83. The number of terminal acetylenes is 1. The van der Waals surface area contributed by atoms with Crippen LogP contribution in [-0.2, 0) is 16.0 Å². The summed E-state index contributed by atoms with van der Waals surface area (Å²) in [5.41, 5.74) is 1.08. The molecule has 1 N–H and O–H groups in total. The van der Waals surface area contributed by atoms with E-state index in [1.807, 2.05) is 6.07 Å². The average molecular weight is 314 g/mol. The summed E-state index contributed by atoms with van der Waals surface area (Å²) in [6.07, 6.45) is 6.51. The molecule has 0 spiro atoms. The second-order valence-electron chi connectivity index (χ2n) is 5.43. The van der Waals surface area contributed by atoms with Crippen LogP contribution in [-0.4, -0.2) is 30.5 Å². The minimum atomic E-state index is -1.13. The topological polar surface area (TPSA) is 72.8 Å². The second-order valence-corrected chi connectivity index (χ2v) is 5.43. The van der Waals surface area contributed by atoms with Crippen molar-refractivity contribution in [3.63, 3.8) is 0 Å². The van der Waals surface area contributed by atoms with E-state index in [1.165, 1.54) is 0 Å². The molecular formula is C17H19BO5. The lowest BCUT2D eigenvalue weighted by molar-refractivity contribution is -0.119. The Morgan fingerprint density at radius 3 is 3.00 bits per heavy atom. The Balaban J connectivity index is 2.14. The maximum absolute atomic E-state index is 11.9. The summed E-state index contributed by atoms with van der Waals surface area (Å²) in [5, 5.41) is 10.2. The average Bonchev–Trinajstić information content (AvgIpc) is 2.53. The minimum Gasteiger partial charge on any atom is -0.535 e. The molecule has 0 unspecified atom stereocenters. The van der Waals surface area contributed by atoms with Gasteiger partial charge >= 0.3 is 13.1 Å². The standard InChI is InChI=1S/C17H19BO5/c1-3-5-8-14(19)11-13-10-12-7-6-9-15(17(20)22-4-2)16(12)23-18(13)21/h1,6-7,9,13,21H,4-5,8,10-11H2,2H3/t13-/m1/s1. The van der Waals surface area contributed by atoms with Gasteiger partial charge in [0.2, 0.25) is 0 Å². The zero-order chi connectivity index (χ0) is 16.8. The van der Waals surface area contributed by atoms with Crippen LogP contribution in [0.3, 0.4) is 0 Å². The predicted molar refractivity (Wildman–Crippen MR) is 86.1 cm³/mol. The molecule has 0 aliphatic carbocycles. The molecule has 0 amide bonds. The Labute approximate surface area is 136 Å². The van der Waals surface area contributed by atoms with E-state index in [4.69, 9.17) is 15.8 Å². The molecule has 0 radical (unpaired) electrons. The number of ketones is 1. The quantitative estimate of drug-likeness (QED) is 0.494. The van der Waals surface area contributed by atoms with Crippen molar-refractivity contribution in [1.82, 2.24) is 0 Å². The number of carbonyl (C=O) groups is 2. The highest BCUT2D eigenvalue weighted by atomic mass is 16.5. The van der Waals surface area contributed by atoms with Gasteiger partial charge in [-0.25, -0.2) is 4.79 Å². The molecule has 0 saturated carbocycles. The second kappa shape index (κ2) is 7.84. The molecule has 120 valence electrons. The largest absolute Gasteiger partial charge is 0.535 e. The summed E-state index contributed by atoms with van der Waals surface area (Å²) >= 11 is 0. The van der Waals surface area contributed by atoms with Crippen LogP contribution in [0.1, 0.15) is 42.1 Å². The van der Waals surface area contributed by atoms with Crippen LogP contribution < -0.4 is 4.65 Å². The van der Waals surface area contributed by atoms with Crippen LogP contribution >= 0.6 is 0 Å². The summed E-state index contributed by atoms with van der Waals surface area (Å²) in [5.74, 6) is 1.94. The molecule has 2 rings (SSSR count). The summed E-state index contributed by atoms with van der Waals surface area (Å²) in [4.78, 5) is 23.8. The van der Waals surface area contributed by atoms with E-state index < -0.39 is 13.1 Å². The normalized spacial score (nSPS) is 16.0. The maximum atomic E-state index is 11.9. The molecule has 23 heavy (non-hydrogen) atoms. The molecule has 1 aliphatic heterocycles. The van der Waals surface area contributed by atoms with Crippen molar-refractivity contribution in [2.75, 3.05) is 6.61 Å². The van der Waals surface area contributed by atoms with Gasteiger partial charge in [0.25, 0.3) is 0 Å². The van der Waals surface area contributed by atoms with E-state index in [0.29, 0.717) is 30.6 Å². The van der Waals surface area contributed by atoms with Crippen molar-refractivity contribution in [2.24, 2.45) is 0 Å². The van der Waals surface area contributed by atoms with Gasteiger partial charge in [-0.1, -0.05) is 12.1 Å². The minimum absolute atomic E-state index is 0.000553. The zero-order valence-electron chi connectivity index (χ0n) is 13.1. The Morgan fingerprint density at radius 2 is 2.30 bits per heavy atom. The maximum Gasteiger partial charge on any atom is 0.526 e. The summed E-state index contributed by atoms with van der Waals surface area (Å²) in [7, 11) is -1.13. The summed E-state index contributed by atoms with van der Waals surface area (Å²) < 4.78 is 10.5. The number of para-hydroxylation sites is 1. The number of benzene rings is 1. The molecule has 5 nitrogen and oxygen atoms in total. The van der Waals surface area contributed by atoms with Crippen molar-refractivity contribution in [3.8, 4) is 18.1 Å². The van der Waals surface area contributed by atoms with Gasteiger partial charge in [0.15, 0.2) is 0 Å². The van der Waals surface area contributed by atoms with Gasteiger partial charge < -0.3 is 14.4 Å². The first kappa shape index (κ1) is 17.1. The first-order chi connectivity index (χ1) is 11.1. The van der Waals surface area contributed by atoms with Gasteiger partial charge in [-0.05, 0) is 25.0 Å². The van der Waals surface area contributed by atoms with Crippen LogP contribution in [0.15, 0.2) is 18.2 Å². The fourth-order valence-corrected chi connectivity index (χ4v) is 2.63. The molecule has 0 bridgehead atoms. The first-order valence-electron chi connectivity index (χ1n) is 7.65. The Bertz CT molecular complexity index is 634. The molecule has 1 atom stereocenters. The molecule has 1 heterocycles. The molecule has 1 aliphatic rings. The SMILES string of the molecule is C#CCCC(=O)C[C@H]1Cc2cccc(C(=O)OCC)c2OB1O.